The van der Waals surface area contributed by atoms with Crippen LogP contribution in [0.15, 0.2) is 18.3 Å². The summed E-state index contributed by atoms with van der Waals surface area (Å²) in [5, 5.41) is 3.23. The quantitative estimate of drug-likeness (QED) is 0.837. The SMILES string of the molecule is COC(=O)c1nc(-c2ncccc2C)nc2c1CNCC2. The Balaban J connectivity index is 2.19. The molecule has 21 heavy (non-hydrogen) atoms. The van der Waals surface area contributed by atoms with Gasteiger partial charge in [-0.15, -0.1) is 0 Å². The summed E-state index contributed by atoms with van der Waals surface area (Å²) in [7, 11) is 1.36. The number of hydrogen-bond acceptors (Lipinski definition) is 6. The van der Waals surface area contributed by atoms with Gasteiger partial charge in [0, 0.05) is 31.3 Å². The van der Waals surface area contributed by atoms with E-state index in [1.54, 1.807) is 6.20 Å². The summed E-state index contributed by atoms with van der Waals surface area (Å²) in [6.45, 7) is 3.37. The Morgan fingerprint density at radius 3 is 3.00 bits per heavy atom. The van der Waals surface area contributed by atoms with Crippen molar-refractivity contribution in [1.82, 2.24) is 20.3 Å². The van der Waals surface area contributed by atoms with E-state index in [1.807, 2.05) is 19.1 Å². The van der Waals surface area contributed by atoms with E-state index in [0.29, 0.717) is 23.8 Å². The molecule has 0 atom stereocenters. The van der Waals surface area contributed by atoms with Gasteiger partial charge in [0.05, 0.1) is 12.8 Å². The van der Waals surface area contributed by atoms with Crippen molar-refractivity contribution in [2.45, 2.75) is 19.9 Å². The molecule has 6 heteroatoms. The van der Waals surface area contributed by atoms with Crippen molar-refractivity contribution in [2.75, 3.05) is 13.7 Å². The summed E-state index contributed by atoms with van der Waals surface area (Å²) in [6, 6.07) is 3.81. The van der Waals surface area contributed by atoms with Crippen molar-refractivity contribution in [2.24, 2.45) is 0 Å². The summed E-state index contributed by atoms with van der Waals surface area (Å²) in [6.07, 6.45) is 2.46. The highest BCUT2D eigenvalue weighted by atomic mass is 16.5. The lowest BCUT2D eigenvalue weighted by Crippen LogP contribution is -2.28. The number of aromatic nitrogens is 3. The summed E-state index contributed by atoms with van der Waals surface area (Å²) in [5.41, 5.74) is 3.72. The van der Waals surface area contributed by atoms with Crippen molar-refractivity contribution in [3.8, 4) is 11.5 Å². The topological polar surface area (TPSA) is 77.0 Å². The van der Waals surface area contributed by atoms with E-state index in [4.69, 9.17) is 4.74 Å². The van der Waals surface area contributed by atoms with Gasteiger partial charge in [-0.3, -0.25) is 4.98 Å². The van der Waals surface area contributed by atoms with Crippen LogP contribution in [0.25, 0.3) is 11.5 Å². The lowest BCUT2D eigenvalue weighted by atomic mass is 10.0. The standard InChI is InChI=1S/C15H16N4O2/c1-9-4-3-6-17-12(9)14-18-11-5-7-16-8-10(11)13(19-14)15(20)21-2/h3-4,6,16H,5,7-8H2,1-2H3. The van der Waals surface area contributed by atoms with E-state index in [0.717, 1.165) is 29.8 Å². The molecular weight excluding hydrogens is 268 g/mol. The van der Waals surface area contributed by atoms with Gasteiger partial charge in [-0.2, -0.15) is 0 Å². The smallest absolute Gasteiger partial charge is 0.357 e. The van der Waals surface area contributed by atoms with E-state index < -0.39 is 5.97 Å². The van der Waals surface area contributed by atoms with Crippen LogP contribution in [0.3, 0.4) is 0 Å². The molecule has 0 fully saturated rings. The average molecular weight is 284 g/mol. The molecule has 0 spiro atoms. The van der Waals surface area contributed by atoms with Crippen LogP contribution in [0.2, 0.25) is 0 Å². The molecule has 0 saturated heterocycles. The predicted molar refractivity (Wildman–Crippen MR) is 76.8 cm³/mol. The third-order valence-corrected chi connectivity index (χ3v) is 3.53. The molecule has 2 aromatic heterocycles. The number of rotatable bonds is 2. The van der Waals surface area contributed by atoms with Crippen molar-refractivity contribution in [3.63, 3.8) is 0 Å². The molecule has 3 heterocycles. The molecule has 0 amide bonds. The Kier molecular flexibility index (Phi) is 3.62. The number of nitrogens with one attached hydrogen (secondary N) is 1. The maximum Gasteiger partial charge on any atom is 0.357 e. The van der Waals surface area contributed by atoms with E-state index in [9.17, 15) is 4.79 Å². The zero-order valence-electron chi connectivity index (χ0n) is 12.0. The molecule has 108 valence electrons. The fraction of sp³-hybridized carbons (Fsp3) is 0.333. The second-order valence-electron chi connectivity index (χ2n) is 4.91. The highest BCUT2D eigenvalue weighted by Crippen LogP contribution is 2.22. The molecular formula is C15H16N4O2. The first-order valence-electron chi connectivity index (χ1n) is 6.81. The van der Waals surface area contributed by atoms with Gasteiger partial charge < -0.3 is 10.1 Å². The molecule has 0 radical (unpaired) electrons. The minimum atomic E-state index is -0.438. The second-order valence-corrected chi connectivity index (χ2v) is 4.91. The third-order valence-electron chi connectivity index (χ3n) is 3.53. The van der Waals surface area contributed by atoms with Crippen LogP contribution in [0.5, 0.6) is 0 Å². The third kappa shape index (κ3) is 2.50. The van der Waals surface area contributed by atoms with Crippen molar-refractivity contribution in [3.05, 3.63) is 40.8 Å². The van der Waals surface area contributed by atoms with Gasteiger partial charge in [0.25, 0.3) is 0 Å². The highest BCUT2D eigenvalue weighted by molar-refractivity contribution is 5.89. The molecule has 0 saturated carbocycles. The van der Waals surface area contributed by atoms with Crippen molar-refractivity contribution < 1.29 is 9.53 Å². The second kappa shape index (κ2) is 5.57. The first kappa shape index (κ1) is 13.6. The van der Waals surface area contributed by atoms with E-state index in [1.165, 1.54) is 7.11 Å². The molecule has 0 bridgehead atoms. The zero-order valence-corrected chi connectivity index (χ0v) is 12.0. The van der Waals surface area contributed by atoms with Gasteiger partial charge >= 0.3 is 5.97 Å². The van der Waals surface area contributed by atoms with Gasteiger partial charge in [-0.1, -0.05) is 6.07 Å². The number of esters is 1. The van der Waals surface area contributed by atoms with Gasteiger partial charge in [-0.05, 0) is 18.6 Å². The number of carbonyl (C=O) groups is 1. The largest absolute Gasteiger partial charge is 0.464 e. The van der Waals surface area contributed by atoms with E-state index in [2.05, 4.69) is 20.3 Å². The number of hydrogen-bond donors (Lipinski definition) is 1. The summed E-state index contributed by atoms with van der Waals surface area (Å²) in [5.74, 6) is 0.0429. The number of fused-ring (bicyclic) bond motifs is 1. The maximum absolute atomic E-state index is 12.0. The molecule has 0 aromatic carbocycles. The maximum atomic E-state index is 12.0. The van der Waals surface area contributed by atoms with E-state index in [-0.39, 0.29) is 0 Å². The Labute approximate surface area is 122 Å². The minimum absolute atomic E-state index is 0.328. The Morgan fingerprint density at radius 1 is 1.38 bits per heavy atom. The van der Waals surface area contributed by atoms with Crippen molar-refractivity contribution in [1.29, 1.82) is 0 Å². The average Bonchev–Trinajstić information content (AvgIpc) is 2.53. The predicted octanol–water partition coefficient (Wildman–Crippen LogP) is 1.28. The number of aryl methyl sites for hydroxylation is 1. The fourth-order valence-electron chi connectivity index (χ4n) is 2.43. The Bertz CT molecular complexity index is 700. The highest BCUT2D eigenvalue weighted by Gasteiger charge is 2.23. The lowest BCUT2D eigenvalue weighted by molar-refractivity contribution is 0.0592. The fourth-order valence-corrected chi connectivity index (χ4v) is 2.43. The normalized spacial score (nSPS) is 13.6. The van der Waals surface area contributed by atoms with Crippen LogP contribution in [0, 0.1) is 6.92 Å². The number of nitrogens with zero attached hydrogens (tertiary/aromatic N) is 3. The number of ether oxygens (including phenoxy) is 1. The number of pyridine rings is 1. The van der Waals surface area contributed by atoms with Gasteiger partial charge in [0.15, 0.2) is 11.5 Å². The molecule has 1 aliphatic rings. The van der Waals surface area contributed by atoms with Gasteiger partial charge in [0.1, 0.15) is 5.69 Å². The zero-order chi connectivity index (χ0) is 14.8. The van der Waals surface area contributed by atoms with Crippen molar-refractivity contribution >= 4 is 5.97 Å². The first-order valence-corrected chi connectivity index (χ1v) is 6.81. The number of carbonyl (C=O) groups excluding carboxylic acids is 1. The van der Waals surface area contributed by atoms with E-state index >= 15 is 0 Å². The van der Waals surface area contributed by atoms with Crippen LogP contribution in [-0.2, 0) is 17.7 Å². The Hall–Kier alpha value is -2.34. The molecule has 0 aliphatic carbocycles. The summed E-state index contributed by atoms with van der Waals surface area (Å²) >= 11 is 0. The van der Waals surface area contributed by atoms with Crippen LogP contribution >= 0.6 is 0 Å². The minimum Gasteiger partial charge on any atom is -0.464 e. The monoisotopic (exact) mass is 284 g/mol. The molecule has 2 aromatic rings. The molecule has 1 aliphatic heterocycles. The number of methoxy groups -OCH3 is 1. The summed E-state index contributed by atoms with van der Waals surface area (Å²) in [4.78, 5) is 25.3. The Morgan fingerprint density at radius 2 is 2.24 bits per heavy atom. The molecule has 0 unspecified atom stereocenters. The van der Waals surface area contributed by atoms with Crippen LogP contribution in [-0.4, -0.2) is 34.6 Å². The van der Waals surface area contributed by atoms with Crippen LogP contribution in [0.4, 0.5) is 0 Å². The van der Waals surface area contributed by atoms with Gasteiger partial charge in [0.2, 0.25) is 0 Å². The molecule has 3 rings (SSSR count). The van der Waals surface area contributed by atoms with Crippen LogP contribution in [0.1, 0.15) is 27.3 Å². The summed E-state index contributed by atoms with van der Waals surface area (Å²) < 4.78 is 4.85. The molecule has 6 nitrogen and oxygen atoms in total. The van der Waals surface area contributed by atoms with Gasteiger partial charge in [-0.25, -0.2) is 14.8 Å². The first-order chi connectivity index (χ1) is 10.2. The lowest BCUT2D eigenvalue weighted by Gasteiger charge is -2.19. The van der Waals surface area contributed by atoms with Crippen LogP contribution < -0.4 is 5.32 Å². The molecule has 1 N–H and O–H groups in total.